The van der Waals surface area contributed by atoms with Gasteiger partial charge in [0.15, 0.2) is 0 Å². The lowest BCUT2D eigenvalue weighted by Crippen LogP contribution is -2.34. The molecule has 0 bridgehead atoms. The number of nitrogens with zero attached hydrogens (tertiary/aromatic N) is 2. The highest BCUT2D eigenvalue weighted by Gasteiger charge is 2.19. The Balaban J connectivity index is 1.63. The molecule has 0 aliphatic heterocycles. The van der Waals surface area contributed by atoms with Gasteiger partial charge in [0.1, 0.15) is 10.7 Å². The maximum atomic E-state index is 12.8. The first-order valence-corrected chi connectivity index (χ1v) is 10.3. The van der Waals surface area contributed by atoms with E-state index in [0.717, 1.165) is 21.8 Å². The number of hydrogen-bond donors (Lipinski definition) is 1. The fourth-order valence-corrected chi connectivity index (χ4v) is 4.87. The summed E-state index contributed by atoms with van der Waals surface area (Å²) in [4.78, 5) is 23.7. The van der Waals surface area contributed by atoms with Gasteiger partial charge in [-0.2, -0.15) is 0 Å². The van der Waals surface area contributed by atoms with Gasteiger partial charge in [0.05, 0.1) is 11.9 Å². The molecule has 1 aliphatic carbocycles. The van der Waals surface area contributed by atoms with Crippen LogP contribution in [0.15, 0.2) is 34.4 Å². The largest absolute Gasteiger partial charge is 0.309 e. The molecule has 0 radical (unpaired) electrons. The number of aryl methyl sites for hydroxylation is 1. The van der Waals surface area contributed by atoms with Crippen LogP contribution >= 0.6 is 11.3 Å². The molecule has 136 valence electrons. The van der Waals surface area contributed by atoms with Gasteiger partial charge in [-0.05, 0) is 32.4 Å². The molecular formula is C21H25N3OS. The highest BCUT2D eigenvalue weighted by Crippen LogP contribution is 2.31. The van der Waals surface area contributed by atoms with Crippen LogP contribution in [0.2, 0.25) is 0 Å². The Kier molecular flexibility index (Phi) is 4.92. The highest BCUT2D eigenvalue weighted by atomic mass is 32.1. The molecule has 2 aromatic heterocycles. The van der Waals surface area contributed by atoms with Crippen LogP contribution in [-0.4, -0.2) is 28.0 Å². The number of hydrogen-bond acceptors (Lipinski definition) is 4. The monoisotopic (exact) mass is 367 g/mol. The van der Waals surface area contributed by atoms with Gasteiger partial charge in [-0.25, -0.2) is 4.98 Å². The summed E-state index contributed by atoms with van der Waals surface area (Å²) in [5, 5.41) is 2.76. The van der Waals surface area contributed by atoms with Gasteiger partial charge in [-0.15, -0.1) is 11.3 Å². The predicted octanol–water partition coefficient (Wildman–Crippen LogP) is 4.72. The minimum atomic E-state index is -0.0288. The van der Waals surface area contributed by atoms with Crippen molar-refractivity contribution in [1.82, 2.24) is 14.9 Å². The van der Waals surface area contributed by atoms with E-state index >= 15 is 0 Å². The van der Waals surface area contributed by atoms with Crippen LogP contribution in [0, 0.1) is 6.92 Å². The number of fused-ring (bicyclic) bond motifs is 1. The van der Waals surface area contributed by atoms with Gasteiger partial charge in [-0.1, -0.05) is 49.1 Å². The van der Waals surface area contributed by atoms with Crippen LogP contribution in [-0.2, 0) is 6.54 Å². The summed E-state index contributed by atoms with van der Waals surface area (Å²) >= 11 is 1.55. The average Bonchev–Trinajstić information content (AvgIpc) is 3.07. The highest BCUT2D eigenvalue weighted by molar-refractivity contribution is 7.17. The van der Waals surface area contributed by atoms with E-state index in [4.69, 9.17) is 4.98 Å². The molecule has 5 heteroatoms. The van der Waals surface area contributed by atoms with Gasteiger partial charge < -0.3 is 4.98 Å². The van der Waals surface area contributed by atoms with Gasteiger partial charge >= 0.3 is 0 Å². The normalized spacial score (nSPS) is 15.8. The first-order chi connectivity index (χ1) is 12.6. The fourth-order valence-electron chi connectivity index (χ4n) is 3.90. The third kappa shape index (κ3) is 3.46. The lowest BCUT2D eigenvalue weighted by Gasteiger charge is -2.30. The molecule has 1 aliphatic rings. The molecule has 1 saturated carbocycles. The van der Waals surface area contributed by atoms with Crippen LogP contribution in [0.4, 0.5) is 0 Å². The summed E-state index contributed by atoms with van der Waals surface area (Å²) in [7, 11) is 2.15. The molecule has 26 heavy (non-hydrogen) atoms. The zero-order valence-corrected chi connectivity index (χ0v) is 16.2. The van der Waals surface area contributed by atoms with E-state index in [0.29, 0.717) is 18.0 Å². The average molecular weight is 368 g/mol. The van der Waals surface area contributed by atoms with Crippen molar-refractivity contribution in [1.29, 1.82) is 0 Å². The van der Waals surface area contributed by atoms with Crippen molar-refractivity contribution in [3.05, 3.63) is 51.4 Å². The summed E-state index contributed by atoms with van der Waals surface area (Å²) in [6.07, 6.45) is 6.47. The van der Waals surface area contributed by atoms with E-state index in [1.54, 1.807) is 11.3 Å². The predicted molar refractivity (Wildman–Crippen MR) is 109 cm³/mol. The molecule has 0 spiro atoms. The Morgan fingerprint density at radius 3 is 2.65 bits per heavy atom. The van der Waals surface area contributed by atoms with Crippen molar-refractivity contribution >= 4 is 21.6 Å². The Morgan fingerprint density at radius 1 is 1.19 bits per heavy atom. The SMILES string of the molecule is Cc1ccc(-c2csc3nc(CN(C)C4CCCCC4)[nH]c(=O)c23)cc1. The van der Waals surface area contributed by atoms with E-state index in [-0.39, 0.29) is 5.56 Å². The number of nitrogens with one attached hydrogen (secondary N) is 1. The van der Waals surface area contributed by atoms with Crippen molar-refractivity contribution < 1.29 is 0 Å². The summed E-state index contributed by atoms with van der Waals surface area (Å²) in [6, 6.07) is 8.90. The van der Waals surface area contributed by atoms with E-state index in [1.165, 1.54) is 37.7 Å². The van der Waals surface area contributed by atoms with Crippen molar-refractivity contribution in [2.24, 2.45) is 0 Å². The van der Waals surface area contributed by atoms with Crippen LogP contribution in [0.25, 0.3) is 21.3 Å². The summed E-state index contributed by atoms with van der Waals surface area (Å²) in [5.41, 5.74) is 3.24. The molecule has 3 aromatic rings. The van der Waals surface area contributed by atoms with Crippen molar-refractivity contribution in [2.75, 3.05) is 7.05 Å². The minimum absolute atomic E-state index is 0.0288. The Labute approximate surface area is 157 Å². The molecule has 4 rings (SSSR count). The number of aromatic amines is 1. The lowest BCUT2D eigenvalue weighted by molar-refractivity contribution is 0.181. The maximum absolute atomic E-state index is 12.8. The summed E-state index contributed by atoms with van der Waals surface area (Å²) in [5.74, 6) is 0.771. The Morgan fingerprint density at radius 2 is 1.92 bits per heavy atom. The van der Waals surface area contributed by atoms with Gasteiger partial charge in [0.25, 0.3) is 5.56 Å². The molecule has 1 fully saturated rings. The Bertz CT molecular complexity index is 952. The van der Waals surface area contributed by atoms with E-state index in [2.05, 4.69) is 48.1 Å². The van der Waals surface area contributed by atoms with Crippen LogP contribution in [0.5, 0.6) is 0 Å². The van der Waals surface area contributed by atoms with E-state index in [1.807, 2.05) is 5.38 Å². The molecule has 0 atom stereocenters. The van der Waals surface area contributed by atoms with Crippen LogP contribution < -0.4 is 5.56 Å². The fraction of sp³-hybridized carbons (Fsp3) is 0.429. The van der Waals surface area contributed by atoms with Crippen LogP contribution in [0.1, 0.15) is 43.5 Å². The molecule has 1 N–H and O–H groups in total. The molecule has 1 aromatic carbocycles. The Hall–Kier alpha value is -1.98. The number of rotatable bonds is 4. The second-order valence-electron chi connectivity index (χ2n) is 7.42. The second kappa shape index (κ2) is 7.33. The van der Waals surface area contributed by atoms with Crippen molar-refractivity contribution in [3.63, 3.8) is 0 Å². The number of H-pyrrole nitrogens is 1. The molecule has 0 saturated heterocycles. The number of thiophene rings is 1. The first-order valence-electron chi connectivity index (χ1n) is 9.39. The molecule has 0 amide bonds. The summed E-state index contributed by atoms with van der Waals surface area (Å²) in [6.45, 7) is 2.77. The molecular weight excluding hydrogens is 342 g/mol. The third-order valence-corrected chi connectivity index (χ3v) is 6.33. The number of benzene rings is 1. The zero-order chi connectivity index (χ0) is 18.1. The van der Waals surface area contributed by atoms with E-state index in [9.17, 15) is 4.79 Å². The first kappa shape index (κ1) is 17.4. The minimum Gasteiger partial charge on any atom is -0.309 e. The quantitative estimate of drug-likeness (QED) is 0.725. The second-order valence-corrected chi connectivity index (χ2v) is 8.27. The molecule has 4 nitrogen and oxygen atoms in total. The zero-order valence-electron chi connectivity index (χ0n) is 15.4. The van der Waals surface area contributed by atoms with E-state index < -0.39 is 0 Å². The van der Waals surface area contributed by atoms with Crippen molar-refractivity contribution in [3.8, 4) is 11.1 Å². The topological polar surface area (TPSA) is 49.0 Å². The molecule has 2 heterocycles. The molecule has 0 unspecified atom stereocenters. The smallest absolute Gasteiger partial charge is 0.260 e. The number of aromatic nitrogens is 2. The maximum Gasteiger partial charge on any atom is 0.260 e. The standard InChI is InChI=1S/C21H25N3OS/c1-14-8-10-15(11-9-14)17-13-26-21-19(17)20(25)22-18(23-21)12-24(2)16-6-4-3-5-7-16/h8-11,13,16H,3-7,12H2,1-2H3,(H,22,23,25). The van der Waals surface area contributed by atoms with Crippen LogP contribution in [0.3, 0.4) is 0 Å². The van der Waals surface area contributed by atoms with Crippen molar-refractivity contribution in [2.45, 2.75) is 51.6 Å². The summed E-state index contributed by atoms with van der Waals surface area (Å²) < 4.78 is 0. The van der Waals surface area contributed by atoms with Gasteiger partial charge in [0, 0.05) is 17.0 Å². The lowest BCUT2D eigenvalue weighted by atomic mass is 9.94. The third-order valence-electron chi connectivity index (χ3n) is 5.45. The van der Waals surface area contributed by atoms with Gasteiger partial charge in [0.2, 0.25) is 0 Å². The van der Waals surface area contributed by atoms with Gasteiger partial charge in [-0.3, -0.25) is 9.69 Å².